The van der Waals surface area contributed by atoms with Crippen LogP contribution in [0.4, 0.5) is 4.79 Å². The van der Waals surface area contributed by atoms with Crippen LogP contribution in [0.2, 0.25) is 0 Å². The third kappa shape index (κ3) is 1.70. The Morgan fingerprint density at radius 2 is 1.90 bits per heavy atom. The molecule has 0 atom stereocenters. The number of fused-ring (bicyclic) bond motifs is 1. The summed E-state index contributed by atoms with van der Waals surface area (Å²) in [5, 5.41) is 12.5. The molecule has 0 saturated carbocycles. The summed E-state index contributed by atoms with van der Waals surface area (Å²) in [6, 6.07) is 9.34. The van der Waals surface area contributed by atoms with Gasteiger partial charge in [-0.05, 0) is 17.5 Å². The number of carbonyl (C=O) groups is 2. The molecule has 3 N–H and O–H groups in total. The standard InChI is InChI=1S/C14H10N2O3S/c15-14(19)16-9-5-2-1-4-8(9)11(13(16)18)12(17)10-6-3-7-20-10/h1-7,18H,(H2,15,19). The van der Waals surface area contributed by atoms with Gasteiger partial charge in [0.2, 0.25) is 11.7 Å². The van der Waals surface area contributed by atoms with E-state index in [1.807, 2.05) is 0 Å². The minimum Gasteiger partial charge on any atom is -0.494 e. The van der Waals surface area contributed by atoms with Crippen LogP contribution in [0, 0.1) is 0 Å². The van der Waals surface area contributed by atoms with Crippen LogP contribution in [0.25, 0.3) is 10.9 Å². The first-order valence-corrected chi connectivity index (χ1v) is 6.69. The molecule has 100 valence electrons. The van der Waals surface area contributed by atoms with Crippen molar-refractivity contribution in [3.8, 4) is 5.88 Å². The van der Waals surface area contributed by atoms with E-state index in [1.54, 1.807) is 41.8 Å². The van der Waals surface area contributed by atoms with Crippen LogP contribution in [0.15, 0.2) is 41.8 Å². The van der Waals surface area contributed by atoms with E-state index in [4.69, 9.17) is 5.73 Å². The highest BCUT2D eigenvalue weighted by Crippen LogP contribution is 2.33. The highest BCUT2D eigenvalue weighted by Gasteiger charge is 2.25. The van der Waals surface area contributed by atoms with Crippen LogP contribution < -0.4 is 5.73 Å². The highest BCUT2D eigenvalue weighted by molar-refractivity contribution is 7.12. The summed E-state index contributed by atoms with van der Waals surface area (Å²) in [6.45, 7) is 0. The molecule has 1 aromatic carbocycles. The average Bonchev–Trinajstić information content (AvgIpc) is 3.02. The minimum atomic E-state index is -0.830. The molecule has 20 heavy (non-hydrogen) atoms. The monoisotopic (exact) mass is 286 g/mol. The van der Waals surface area contributed by atoms with Gasteiger partial charge in [0.15, 0.2) is 0 Å². The minimum absolute atomic E-state index is 0.0989. The van der Waals surface area contributed by atoms with Crippen molar-refractivity contribution in [1.29, 1.82) is 0 Å². The van der Waals surface area contributed by atoms with Gasteiger partial charge in [-0.15, -0.1) is 11.3 Å². The molecule has 3 rings (SSSR count). The fourth-order valence-corrected chi connectivity index (χ4v) is 2.87. The number of ketones is 1. The maximum atomic E-state index is 12.5. The molecule has 0 aliphatic carbocycles. The molecule has 0 unspecified atom stereocenters. The Morgan fingerprint density at radius 3 is 2.55 bits per heavy atom. The topological polar surface area (TPSA) is 85.3 Å². The fraction of sp³-hybridized carbons (Fsp3) is 0. The average molecular weight is 286 g/mol. The number of thiophene rings is 1. The van der Waals surface area contributed by atoms with Gasteiger partial charge in [0, 0.05) is 5.39 Å². The zero-order valence-corrected chi connectivity index (χ0v) is 11.1. The largest absolute Gasteiger partial charge is 0.494 e. The third-order valence-electron chi connectivity index (χ3n) is 3.04. The molecular weight excluding hydrogens is 276 g/mol. The predicted octanol–water partition coefficient (Wildman–Crippen LogP) is 2.57. The summed E-state index contributed by atoms with van der Waals surface area (Å²) in [4.78, 5) is 24.4. The Morgan fingerprint density at radius 1 is 1.15 bits per heavy atom. The van der Waals surface area contributed by atoms with Gasteiger partial charge in [0.05, 0.1) is 16.0 Å². The Kier molecular flexibility index (Phi) is 2.80. The first-order chi connectivity index (χ1) is 9.61. The van der Waals surface area contributed by atoms with Gasteiger partial charge >= 0.3 is 6.03 Å². The molecule has 0 aliphatic rings. The lowest BCUT2D eigenvalue weighted by Crippen LogP contribution is -2.18. The van der Waals surface area contributed by atoms with Crippen molar-refractivity contribution in [3.05, 3.63) is 52.2 Å². The summed E-state index contributed by atoms with van der Waals surface area (Å²) in [7, 11) is 0. The molecule has 6 heteroatoms. The van der Waals surface area contributed by atoms with E-state index < -0.39 is 11.9 Å². The molecule has 0 spiro atoms. The number of hydrogen-bond acceptors (Lipinski definition) is 4. The van der Waals surface area contributed by atoms with Crippen molar-refractivity contribution in [2.45, 2.75) is 0 Å². The van der Waals surface area contributed by atoms with Crippen LogP contribution in [0.5, 0.6) is 5.88 Å². The number of para-hydroxylation sites is 1. The van der Waals surface area contributed by atoms with E-state index >= 15 is 0 Å². The molecule has 3 aromatic rings. The van der Waals surface area contributed by atoms with E-state index in [-0.39, 0.29) is 11.3 Å². The second-order valence-electron chi connectivity index (χ2n) is 4.20. The van der Waals surface area contributed by atoms with Gasteiger partial charge in [-0.1, -0.05) is 24.3 Å². The van der Waals surface area contributed by atoms with Gasteiger partial charge in [-0.3, -0.25) is 4.79 Å². The Labute approximate surface area is 117 Å². The van der Waals surface area contributed by atoms with Gasteiger partial charge in [0.25, 0.3) is 0 Å². The quantitative estimate of drug-likeness (QED) is 0.710. The van der Waals surface area contributed by atoms with E-state index in [0.29, 0.717) is 15.8 Å². The van der Waals surface area contributed by atoms with E-state index in [0.717, 1.165) is 4.57 Å². The molecule has 2 heterocycles. The predicted molar refractivity (Wildman–Crippen MR) is 76.3 cm³/mol. The summed E-state index contributed by atoms with van der Waals surface area (Å²) in [5.74, 6) is -0.745. The van der Waals surface area contributed by atoms with Crippen LogP contribution in [0.1, 0.15) is 15.2 Å². The Hall–Kier alpha value is -2.60. The number of hydrogen-bond donors (Lipinski definition) is 2. The molecular formula is C14H10N2O3S. The second kappa shape index (κ2) is 4.50. The SMILES string of the molecule is NC(=O)n1c(O)c(C(=O)c2cccs2)c2ccccc21. The molecule has 2 aromatic heterocycles. The lowest BCUT2D eigenvalue weighted by molar-refractivity contribution is 0.104. The summed E-state index contributed by atoms with van der Waals surface area (Å²) >= 11 is 1.27. The third-order valence-corrected chi connectivity index (χ3v) is 3.91. The van der Waals surface area contributed by atoms with Crippen LogP contribution in [-0.2, 0) is 0 Å². The molecule has 5 nitrogen and oxygen atoms in total. The lowest BCUT2D eigenvalue weighted by Gasteiger charge is -2.00. The fourth-order valence-electron chi connectivity index (χ4n) is 2.20. The zero-order chi connectivity index (χ0) is 14.3. The molecule has 0 saturated heterocycles. The van der Waals surface area contributed by atoms with E-state index in [9.17, 15) is 14.7 Å². The van der Waals surface area contributed by atoms with Gasteiger partial charge in [-0.25, -0.2) is 9.36 Å². The number of rotatable bonds is 2. The maximum absolute atomic E-state index is 12.5. The van der Waals surface area contributed by atoms with Crippen molar-refractivity contribution >= 4 is 34.1 Å². The number of nitrogens with zero attached hydrogens (tertiary/aromatic N) is 1. The first-order valence-electron chi connectivity index (χ1n) is 5.81. The zero-order valence-electron chi connectivity index (χ0n) is 10.2. The molecule has 0 fully saturated rings. The Balaban J connectivity index is 2.34. The summed E-state index contributed by atoms with van der Waals surface area (Å²) in [5.41, 5.74) is 5.78. The van der Waals surface area contributed by atoms with Crippen molar-refractivity contribution in [2.75, 3.05) is 0 Å². The second-order valence-corrected chi connectivity index (χ2v) is 5.14. The Bertz CT molecular complexity index is 818. The van der Waals surface area contributed by atoms with Crippen LogP contribution >= 0.6 is 11.3 Å². The number of aromatic nitrogens is 1. The number of amides is 1. The normalized spacial score (nSPS) is 10.8. The van der Waals surface area contributed by atoms with Crippen molar-refractivity contribution in [2.24, 2.45) is 5.73 Å². The van der Waals surface area contributed by atoms with E-state index in [2.05, 4.69) is 0 Å². The summed E-state index contributed by atoms with van der Waals surface area (Å²) < 4.78 is 0.941. The van der Waals surface area contributed by atoms with Crippen molar-refractivity contribution < 1.29 is 14.7 Å². The van der Waals surface area contributed by atoms with Crippen molar-refractivity contribution in [3.63, 3.8) is 0 Å². The number of benzene rings is 1. The summed E-state index contributed by atoms with van der Waals surface area (Å²) in [6.07, 6.45) is 0. The first kappa shape index (κ1) is 12.4. The van der Waals surface area contributed by atoms with Gasteiger partial charge in [0.1, 0.15) is 0 Å². The smallest absolute Gasteiger partial charge is 0.326 e. The molecule has 0 bridgehead atoms. The molecule has 0 aliphatic heterocycles. The highest BCUT2D eigenvalue weighted by atomic mass is 32.1. The molecule has 1 amide bonds. The van der Waals surface area contributed by atoms with Crippen LogP contribution in [-0.4, -0.2) is 21.5 Å². The molecule has 0 radical (unpaired) electrons. The number of carbonyl (C=O) groups excluding carboxylic acids is 2. The van der Waals surface area contributed by atoms with Crippen LogP contribution in [0.3, 0.4) is 0 Å². The number of aromatic hydroxyl groups is 1. The maximum Gasteiger partial charge on any atom is 0.326 e. The van der Waals surface area contributed by atoms with Gasteiger partial charge < -0.3 is 10.8 Å². The van der Waals surface area contributed by atoms with Crippen molar-refractivity contribution in [1.82, 2.24) is 4.57 Å². The number of nitrogens with two attached hydrogens (primary N) is 1. The lowest BCUT2D eigenvalue weighted by atomic mass is 10.1. The van der Waals surface area contributed by atoms with Gasteiger partial charge in [-0.2, -0.15) is 0 Å². The van der Waals surface area contributed by atoms with E-state index in [1.165, 1.54) is 11.3 Å². The number of primary amides is 1.